The van der Waals surface area contributed by atoms with E-state index in [-0.39, 0.29) is 17.6 Å². The quantitative estimate of drug-likeness (QED) is 0.917. The fourth-order valence-electron chi connectivity index (χ4n) is 2.87. The minimum absolute atomic E-state index is 0.0479. The molecule has 25 heavy (non-hydrogen) atoms. The van der Waals surface area contributed by atoms with Crippen LogP contribution in [0.25, 0.3) is 0 Å². The topological polar surface area (TPSA) is 60.9 Å². The number of carbonyl (C=O) groups excluding carboxylic acids is 2. The number of benzene rings is 2. The van der Waals surface area contributed by atoms with E-state index in [1.807, 2.05) is 12.1 Å². The van der Waals surface area contributed by atoms with Crippen molar-refractivity contribution in [3.63, 3.8) is 0 Å². The van der Waals surface area contributed by atoms with Gasteiger partial charge < -0.3 is 14.9 Å². The fraction of sp³-hybridized carbons (Fsp3) is 0.263. The van der Waals surface area contributed by atoms with E-state index in [2.05, 4.69) is 0 Å². The van der Waals surface area contributed by atoms with Crippen LogP contribution in [-0.4, -0.2) is 52.9 Å². The number of nitrogens with zero attached hydrogens (tertiary/aromatic N) is 2. The molecule has 130 valence electrons. The van der Waals surface area contributed by atoms with Gasteiger partial charge in [-0.25, -0.2) is 0 Å². The Hall–Kier alpha value is -2.53. The highest BCUT2D eigenvalue weighted by Crippen LogP contribution is 2.15. The van der Waals surface area contributed by atoms with Gasteiger partial charge in [0.1, 0.15) is 5.75 Å². The molecule has 0 unspecified atom stereocenters. The van der Waals surface area contributed by atoms with Gasteiger partial charge in [-0.1, -0.05) is 29.8 Å². The molecule has 0 spiro atoms. The summed E-state index contributed by atoms with van der Waals surface area (Å²) in [6.07, 6.45) is 0.331. The number of phenols is 1. The van der Waals surface area contributed by atoms with E-state index in [9.17, 15) is 14.7 Å². The molecule has 1 N–H and O–H groups in total. The van der Waals surface area contributed by atoms with Crippen LogP contribution in [0.1, 0.15) is 15.9 Å². The van der Waals surface area contributed by atoms with Crippen LogP contribution in [0.2, 0.25) is 5.02 Å². The molecule has 0 radical (unpaired) electrons. The van der Waals surface area contributed by atoms with Crippen molar-refractivity contribution in [2.45, 2.75) is 6.42 Å². The van der Waals surface area contributed by atoms with Crippen molar-refractivity contribution in [3.05, 3.63) is 64.7 Å². The number of carbonyl (C=O) groups is 2. The highest BCUT2D eigenvalue weighted by atomic mass is 35.5. The summed E-state index contributed by atoms with van der Waals surface area (Å²) in [5.74, 6) is -0.00453. The Morgan fingerprint density at radius 2 is 1.60 bits per heavy atom. The molecule has 2 aromatic carbocycles. The second kappa shape index (κ2) is 7.57. The minimum atomic E-state index is -0.124. The molecule has 1 aliphatic rings. The van der Waals surface area contributed by atoms with Gasteiger partial charge in [-0.2, -0.15) is 0 Å². The standard InChI is InChI=1S/C19H19ClN2O3/c20-16-6-4-14(5-7-16)12-18(24)21-8-10-22(11-9-21)19(25)15-2-1-3-17(23)13-15/h1-7,13,23H,8-12H2. The molecule has 2 aromatic rings. The number of hydrogen-bond acceptors (Lipinski definition) is 3. The molecular formula is C19H19ClN2O3. The zero-order valence-corrected chi connectivity index (χ0v) is 14.4. The lowest BCUT2D eigenvalue weighted by atomic mass is 10.1. The van der Waals surface area contributed by atoms with Gasteiger partial charge in [0.25, 0.3) is 5.91 Å². The largest absolute Gasteiger partial charge is 0.508 e. The van der Waals surface area contributed by atoms with Crippen LogP contribution in [0.3, 0.4) is 0 Å². The molecule has 0 bridgehead atoms. The Labute approximate surface area is 151 Å². The third-order valence-corrected chi connectivity index (χ3v) is 4.53. The minimum Gasteiger partial charge on any atom is -0.508 e. The summed E-state index contributed by atoms with van der Waals surface area (Å²) >= 11 is 5.85. The molecule has 5 nitrogen and oxygen atoms in total. The molecule has 1 heterocycles. The van der Waals surface area contributed by atoms with Crippen molar-refractivity contribution in [1.82, 2.24) is 9.80 Å². The van der Waals surface area contributed by atoms with Crippen molar-refractivity contribution in [2.24, 2.45) is 0 Å². The lowest BCUT2D eigenvalue weighted by Crippen LogP contribution is -2.51. The van der Waals surface area contributed by atoms with E-state index in [1.165, 1.54) is 12.1 Å². The van der Waals surface area contributed by atoms with Crippen LogP contribution >= 0.6 is 11.6 Å². The number of piperazine rings is 1. The second-order valence-electron chi connectivity index (χ2n) is 6.03. The monoisotopic (exact) mass is 358 g/mol. The highest BCUT2D eigenvalue weighted by molar-refractivity contribution is 6.30. The molecule has 6 heteroatoms. The van der Waals surface area contributed by atoms with Crippen molar-refractivity contribution in [2.75, 3.05) is 26.2 Å². The molecule has 0 saturated carbocycles. The molecule has 0 aliphatic carbocycles. The molecule has 2 amide bonds. The van der Waals surface area contributed by atoms with Crippen LogP contribution < -0.4 is 0 Å². The lowest BCUT2D eigenvalue weighted by Gasteiger charge is -2.35. The van der Waals surface area contributed by atoms with Gasteiger partial charge in [0, 0.05) is 36.8 Å². The third kappa shape index (κ3) is 4.31. The molecule has 1 aliphatic heterocycles. The van der Waals surface area contributed by atoms with E-state index in [0.717, 1.165) is 5.56 Å². The molecule has 1 saturated heterocycles. The van der Waals surface area contributed by atoms with E-state index in [0.29, 0.717) is 43.2 Å². The Bertz CT molecular complexity index is 768. The van der Waals surface area contributed by atoms with Gasteiger partial charge in [-0.15, -0.1) is 0 Å². The van der Waals surface area contributed by atoms with Crippen LogP contribution in [-0.2, 0) is 11.2 Å². The van der Waals surface area contributed by atoms with Crippen molar-refractivity contribution >= 4 is 23.4 Å². The molecule has 0 aromatic heterocycles. The van der Waals surface area contributed by atoms with Gasteiger partial charge in [-0.3, -0.25) is 9.59 Å². The summed E-state index contributed by atoms with van der Waals surface area (Å²) in [6.45, 7) is 2.00. The van der Waals surface area contributed by atoms with Crippen LogP contribution in [0.15, 0.2) is 48.5 Å². The van der Waals surface area contributed by atoms with Crippen LogP contribution in [0, 0.1) is 0 Å². The van der Waals surface area contributed by atoms with E-state index in [4.69, 9.17) is 11.6 Å². The summed E-state index contributed by atoms with van der Waals surface area (Å²) in [5.41, 5.74) is 1.38. The van der Waals surface area contributed by atoms with E-state index in [1.54, 1.807) is 34.1 Å². The first kappa shape index (κ1) is 17.3. The maximum absolute atomic E-state index is 12.5. The van der Waals surface area contributed by atoms with Gasteiger partial charge >= 0.3 is 0 Å². The Morgan fingerprint density at radius 1 is 0.960 bits per heavy atom. The van der Waals surface area contributed by atoms with Crippen LogP contribution in [0.5, 0.6) is 5.75 Å². The average Bonchev–Trinajstić information content (AvgIpc) is 2.63. The number of phenolic OH excluding ortho intramolecular Hbond substituents is 1. The number of hydrogen-bond donors (Lipinski definition) is 1. The van der Waals surface area contributed by atoms with Crippen LogP contribution in [0.4, 0.5) is 0 Å². The molecule has 3 rings (SSSR count). The van der Waals surface area contributed by atoms with E-state index < -0.39 is 0 Å². The summed E-state index contributed by atoms with van der Waals surface area (Å²) in [6, 6.07) is 13.6. The zero-order chi connectivity index (χ0) is 17.8. The maximum Gasteiger partial charge on any atom is 0.254 e. The first-order valence-electron chi connectivity index (χ1n) is 8.13. The Kier molecular flexibility index (Phi) is 5.24. The summed E-state index contributed by atoms with van der Waals surface area (Å²) in [7, 11) is 0. The average molecular weight is 359 g/mol. The van der Waals surface area contributed by atoms with Crippen molar-refractivity contribution < 1.29 is 14.7 Å². The molecule has 1 fully saturated rings. The number of aromatic hydroxyl groups is 1. The first-order valence-corrected chi connectivity index (χ1v) is 8.51. The predicted molar refractivity (Wildman–Crippen MR) is 95.7 cm³/mol. The van der Waals surface area contributed by atoms with Gasteiger partial charge in [-0.05, 0) is 35.9 Å². The predicted octanol–water partition coefficient (Wildman–Crippen LogP) is 2.57. The van der Waals surface area contributed by atoms with Gasteiger partial charge in [0.2, 0.25) is 5.91 Å². The Morgan fingerprint density at radius 3 is 2.24 bits per heavy atom. The summed E-state index contributed by atoms with van der Waals surface area (Å²) in [4.78, 5) is 28.3. The lowest BCUT2D eigenvalue weighted by molar-refractivity contribution is -0.131. The smallest absolute Gasteiger partial charge is 0.254 e. The number of amides is 2. The normalized spacial score (nSPS) is 14.4. The highest BCUT2D eigenvalue weighted by Gasteiger charge is 2.25. The SMILES string of the molecule is O=C(Cc1ccc(Cl)cc1)N1CCN(C(=O)c2cccc(O)c2)CC1. The summed E-state index contributed by atoms with van der Waals surface area (Å²) in [5, 5.41) is 10.1. The van der Waals surface area contributed by atoms with Gasteiger partial charge in [0.15, 0.2) is 0 Å². The second-order valence-corrected chi connectivity index (χ2v) is 6.46. The summed E-state index contributed by atoms with van der Waals surface area (Å²) < 4.78 is 0. The fourth-order valence-corrected chi connectivity index (χ4v) is 3.00. The molecular weight excluding hydrogens is 340 g/mol. The Balaban J connectivity index is 1.55. The molecule has 0 atom stereocenters. The zero-order valence-electron chi connectivity index (χ0n) is 13.7. The van der Waals surface area contributed by atoms with Crippen molar-refractivity contribution in [3.8, 4) is 5.75 Å². The van der Waals surface area contributed by atoms with Crippen molar-refractivity contribution in [1.29, 1.82) is 0 Å². The van der Waals surface area contributed by atoms with Gasteiger partial charge in [0.05, 0.1) is 6.42 Å². The number of rotatable bonds is 3. The maximum atomic E-state index is 12.5. The third-order valence-electron chi connectivity index (χ3n) is 4.28. The first-order chi connectivity index (χ1) is 12.0. The number of halogens is 1. The van der Waals surface area contributed by atoms with E-state index >= 15 is 0 Å².